The van der Waals surface area contributed by atoms with Gasteiger partial charge in [-0.15, -0.1) is 0 Å². The van der Waals surface area contributed by atoms with Crippen molar-refractivity contribution >= 4 is 54.8 Å². The van der Waals surface area contributed by atoms with Crippen LogP contribution in [0.3, 0.4) is 0 Å². The molecule has 3 aromatic heterocycles. The molecule has 0 spiro atoms. The van der Waals surface area contributed by atoms with Crippen molar-refractivity contribution in [2.45, 2.75) is 0 Å². The van der Waals surface area contributed by atoms with E-state index in [0.29, 0.717) is 0 Å². The maximum absolute atomic E-state index is 6.20. The van der Waals surface area contributed by atoms with Gasteiger partial charge in [-0.1, -0.05) is 54.6 Å². The Morgan fingerprint density at radius 1 is 0.424 bits per heavy atom. The number of hydrogen-bond donors (Lipinski definition) is 0. The third-order valence-corrected chi connectivity index (χ3v) is 6.89. The molecule has 3 heterocycles. The summed E-state index contributed by atoms with van der Waals surface area (Å²) in [6, 6.07) is 38.5. The van der Waals surface area contributed by atoms with Crippen LogP contribution in [0.1, 0.15) is 0 Å². The molecule has 0 N–H and O–H groups in total. The Morgan fingerprint density at radius 3 is 1.73 bits per heavy atom. The number of para-hydroxylation sites is 2. The lowest BCUT2D eigenvalue weighted by Gasteiger charge is -2.13. The molecule has 0 amide bonds. The van der Waals surface area contributed by atoms with Gasteiger partial charge in [0.15, 0.2) is 0 Å². The van der Waals surface area contributed by atoms with Crippen LogP contribution in [0.4, 0.5) is 0 Å². The fourth-order valence-electron chi connectivity index (χ4n) is 5.63. The third kappa shape index (κ3) is 2.09. The van der Waals surface area contributed by atoms with Gasteiger partial charge in [0.25, 0.3) is 0 Å². The molecule has 154 valence electrons. The van der Waals surface area contributed by atoms with Crippen molar-refractivity contribution in [3.63, 3.8) is 0 Å². The second kappa shape index (κ2) is 6.05. The van der Waals surface area contributed by atoms with Crippen LogP contribution in [0.2, 0.25) is 0 Å². The number of rotatable bonds is 2. The summed E-state index contributed by atoms with van der Waals surface area (Å²) in [7, 11) is 0. The molecule has 3 heteroatoms. The number of fused-ring (bicyclic) bond motifs is 3. The molecular weight excluding hydrogens is 404 g/mol. The average Bonchev–Trinajstić information content (AvgIpc) is 3.52. The normalized spacial score (nSPS) is 12.2. The first-order valence-corrected chi connectivity index (χ1v) is 11.2. The Bertz CT molecular complexity index is 1900. The Morgan fingerprint density at radius 2 is 1.00 bits per heavy atom. The van der Waals surface area contributed by atoms with E-state index in [0.717, 1.165) is 27.6 Å². The van der Waals surface area contributed by atoms with Crippen LogP contribution >= 0.6 is 0 Å². The second-order valence-electron chi connectivity index (χ2n) is 8.60. The van der Waals surface area contributed by atoms with Crippen molar-refractivity contribution in [2.24, 2.45) is 0 Å². The number of hydrogen-bond acceptors (Lipinski definition) is 1. The van der Waals surface area contributed by atoms with Gasteiger partial charge >= 0.3 is 0 Å². The van der Waals surface area contributed by atoms with Gasteiger partial charge in [-0.25, -0.2) is 0 Å². The molecule has 8 aromatic rings. The Balaban J connectivity index is 1.57. The zero-order chi connectivity index (χ0) is 21.5. The highest BCUT2D eigenvalue weighted by atomic mass is 16.3. The molecule has 0 aliphatic heterocycles. The predicted molar refractivity (Wildman–Crippen MR) is 136 cm³/mol. The van der Waals surface area contributed by atoms with Crippen LogP contribution in [0, 0.1) is 0 Å². The SMILES string of the molecule is c1ccc(-n2c3cccc4c3c3c2cccc3n4-c2cccc3oc4ccccc4c23)cc1. The first-order chi connectivity index (χ1) is 16.4. The third-order valence-electron chi connectivity index (χ3n) is 6.89. The monoisotopic (exact) mass is 422 g/mol. The molecule has 33 heavy (non-hydrogen) atoms. The fraction of sp³-hybridized carbons (Fsp3) is 0. The summed E-state index contributed by atoms with van der Waals surface area (Å²) in [5, 5.41) is 4.91. The quantitative estimate of drug-likeness (QED) is 0.276. The number of benzene rings is 5. The topological polar surface area (TPSA) is 23.0 Å². The molecule has 0 atom stereocenters. The largest absolute Gasteiger partial charge is 0.456 e. The zero-order valence-corrected chi connectivity index (χ0v) is 17.7. The molecule has 0 radical (unpaired) electrons. The van der Waals surface area contributed by atoms with Crippen LogP contribution in [-0.4, -0.2) is 9.13 Å². The summed E-state index contributed by atoms with van der Waals surface area (Å²) in [5.74, 6) is 0. The second-order valence-corrected chi connectivity index (χ2v) is 8.60. The standard InChI is InChI=1S/C30H18N2O/c1-2-9-19(10-3-1)31-22-12-6-14-24-29(22)30-23(31)13-7-15-25(30)32(24)21-16-8-18-27-28(21)20-11-4-5-17-26(20)33-27/h1-18H. The van der Waals surface area contributed by atoms with Crippen molar-refractivity contribution in [1.82, 2.24) is 9.13 Å². The smallest absolute Gasteiger partial charge is 0.137 e. The first kappa shape index (κ1) is 17.1. The van der Waals surface area contributed by atoms with Crippen LogP contribution in [0.25, 0.3) is 66.2 Å². The Labute approximate surface area is 189 Å². The van der Waals surface area contributed by atoms with Gasteiger partial charge in [0.1, 0.15) is 11.2 Å². The van der Waals surface area contributed by atoms with Gasteiger partial charge in [0.05, 0.1) is 33.1 Å². The van der Waals surface area contributed by atoms with E-state index < -0.39 is 0 Å². The minimum Gasteiger partial charge on any atom is -0.456 e. The average molecular weight is 422 g/mol. The Hall–Kier alpha value is -4.50. The van der Waals surface area contributed by atoms with E-state index in [1.54, 1.807) is 0 Å². The molecule has 0 saturated carbocycles. The van der Waals surface area contributed by atoms with Gasteiger partial charge in [0.2, 0.25) is 0 Å². The van der Waals surface area contributed by atoms with E-state index >= 15 is 0 Å². The lowest BCUT2D eigenvalue weighted by molar-refractivity contribution is 0.669. The molecular formula is C30H18N2O. The molecule has 8 rings (SSSR count). The summed E-state index contributed by atoms with van der Waals surface area (Å²) in [4.78, 5) is 0. The van der Waals surface area contributed by atoms with Crippen molar-refractivity contribution in [2.75, 3.05) is 0 Å². The number of furan rings is 1. The molecule has 3 nitrogen and oxygen atoms in total. The summed E-state index contributed by atoms with van der Waals surface area (Å²) < 4.78 is 11.0. The van der Waals surface area contributed by atoms with E-state index in [4.69, 9.17) is 4.42 Å². The van der Waals surface area contributed by atoms with Gasteiger partial charge in [-0.3, -0.25) is 0 Å². The van der Waals surface area contributed by atoms with Crippen molar-refractivity contribution in [3.8, 4) is 11.4 Å². The maximum Gasteiger partial charge on any atom is 0.137 e. The summed E-state index contributed by atoms with van der Waals surface area (Å²) >= 11 is 0. The summed E-state index contributed by atoms with van der Waals surface area (Å²) in [6.45, 7) is 0. The van der Waals surface area contributed by atoms with Gasteiger partial charge < -0.3 is 13.6 Å². The van der Waals surface area contributed by atoms with Crippen LogP contribution in [-0.2, 0) is 0 Å². The maximum atomic E-state index is 6.20. The molecule has 0 saturated heterocycles. The highest BCUT2D eigenvalue weighted by Crippen LogP contribution is 2.44. The molecule has 0 unspecified atom stereocenters. The van der Waals surface area contributed by atoms with E-state index in [1.807, 2.05) is 12.1 Å². The van der Waals surface area contributed by atoms with Crippen molar-refractivity contribution in [3.05, 3.63) is 109 Å². The molecule has 0 aliphatic rings. The minimum atomic E-state index is 0.916. The lowest BCUT2D eigenvalue weighted by atomic mass is 10.1. The van der Waals surface area contributed by atoms with Crippen LogP contribution in [0.15, 0.2) is 114 Å². The molecule has 5 aromatic carbocycles. The number of aromatic nitrogens is 2. The van der Waals surface area contributed by atoms with E-state index in [9.17, 15) is 0 Å². The van der Waals surface area contributed by atoms with Crippen molar-refractivity contribution in [1.29, 1.82) is 0 Å². The van der Waals surface area contributed by atoms with E-state index in [2.05, 4.69) is 106 Å². The summed E-state index contributed by atoms with van der Waals surface area (Å²) in [5.41, 5.74) is 9.06. The number of nitrogens with zero attached hydrogens (tertiary/aromatic N) is 2. The zero-order valence-electron chi connectivity index (χ0n) is 17.7. The Kier molecular flexibility index (Phi) is 3.14. The van der Waals surface area contributed by atoms with Gasteiger partial charge in [-0.2, -0.15) is 0 Å². The molecule has 0 fully saturated rings. The van der Waals surface area contributed by atoms with Crippen molar-refractivity contribution < 1.29 is 4.42 Å². The molecule has 0 bridgehead atoms. The van der Waals surface area contributed by atoms with Crippen LogP contribution < -0.4 is 0 Å². The van der Waals surface area contributed by atoms with Gasteiger partial charge in [0, 0.05) is 21.8 Å². The first-order valence-electron chi connectivity index (χ1n) is 11.2. The van der Waals surface area contributed by atoms with E-state index in [1.165, 1.54) is 38.5 Å². The predicted octanol–water partition coefficient (Wildman–Crippen LogP) is 8.06. The lowest BCUT2D eigenvalue weighted by Crippen LogP contribution is -1.98. The highest BCUT2D eigenvalue weighted by Gasteiger charge is 2.23. The summed E-state index contributed by atoms with van der Waals surface area (Å²) in [6.07, 6.45) is 0. The van der Waals surface area contributed by atoms with Gasteiger partial charge in [-0.05, 0) is 54.6 Å². The fourth-order valence-corrected chi connectivity index (χ4v) is 5.63. The minimum absolute atomic E-state index is 0.916. The highest BCUT2D eigenvalue weighted by molar-refractivity contribution is 6.26. The van der Waals surface area contributed by atoms with Crippen LogP contribution in [0.5, 0.6) is 0 Å². The van der Waals surface area contributed by atoms with E-state index in [-0.39, 0.29) is 0 Å². The molecule has 0 aliphatic carbocycles.